The summed E-state index contributed by atoms with van der Waals surface area (Å²) in [5.41, 5.74) is -0.191. The van der Waals surface area contributed by atoms with Crippen molar-refractivity contribution in [3.8, 4) is 0 Å². The molecule has 9 heteroatoms. The number of ether oxygens (including phenoxy) is 1. The highest BCUT2D eigenvalue weighted by Gasteiger charge is 2.33. The molecule has 0 spiro atoms. The number of hydrogen-bond donors (Lipinski definition) is 0. The topological polar surface area (TPSA) is 98.5 Å². The minimum absolute atomic E-state index is 0.0424. The van der Waals surface area contributed by atoms with Gasteiger partial charge in [0, 0.05) is 12.5 Å². The molecule has 1 aromatic rings. The Kier molecular flexibility index (Phi) is 6.92. The summed E-state index contributed by atoms with van der Waals surface area (Å²) in [4.78, 5) is 32.2. The Morgan fingerprint density at radius 1 is 1.48 bits per heavy atom. The van der Waals surface area contributed by atoms with Gasteiger partial charge in [-0.25, -0.2) is 4.98 Å². The summed E-state index contributed by atoms with van der Waals surface area (Å²) in [7, 11) is 0. The molecule has 1 heterocycles. The van der Waals surface area contributed by atoms with Gasteiger partial charge in [0.05, 0.1) is 11.0 Å². The molecular formula is C16H23ClN4O4. The van der Waals surface area contributed by atoms with Crippen molar-refractivity contribution in [2.45, 2.75) is 64.5 Å². The van der Waals surface area contributed by atoms with Crippen LogP contribution in [-0.4, -0.2) is 39.6 Å². The normalized spacial score (nSPS) is 16.3. The molecule has 1 aliphatic carbocycles. The molecule has 1 atom stereocenters. The number of esters is 1. The zero-order valence-electron chi connectivity index (χ0n) is 14.5. The highest BCUT2D eigenvalue weighted by Crippen LogP contribution is 2.34. The summed E-state index contributed by atoms with van der Waals surface area (Å²) in [5.74, 6) is -0.109. The van der Waals surface area contributed by atoms with E-state index >= 15 is 0 Å². The number of nitro groups is 1. The van der Waals surface area contributed by atoms with Crippen LogP contribution in [0.3, 0.4) is 0 Å². The Morgan fingerprint density at radius 2 is 2.16 bits per heavy atom. The van der Waals surface area contributed by atoms with E-state index in [9.17, 15) is 14.9 Å². The Balaban J connectivity index is 2.35. The van der Waals surface area contributed by atoms with Crippen LogP contribution < -0.4 is 4.90 Å². The average Bonchev–Trinajstić information content (AvgIpc) is 2.60. The van der Waals surface area contributed by atoms with Crippen molar-refractivity contribution < 1.29 is 14.5 Å². The number of rotatable bonds is 7. The molecule has 0 amide bonds. The van der Waals surface area contributed by atoms with Gasteiger partial charge in [-0.15, -0.1) is 0 Å². The predicted octanol–water partition coefficient (Wildman–Crippen LogP) is 3.52. The standard InChI is InChI=1S/C16H23ClN4O4/c1-3-14(22)25-10-11(2)20(12-7-5-4-6-8-12)15-13(21(23)24)9-18-16(17)19-15/h9,11-12H,3-8,10H2,1-2H3. The molecule has 0 saturated heterocycles. The van der Waals surface area contributed by atoms with Crippen molar-refractivity contribution in [1.29, 1.82) is 0 Å². The van der Waals surface area contributed by atoms with Crippen LogP contribution in [0.4, 0.5) is 11.5 Å². The number of aromatic nitrogens is 2. The summed E-state index contributed by atoms with van der Waals surface area (Å²) in [5, 5.41) is 11.4. The fraction of sp³-hybridized carbons (Fsp3) is 0.688. The van der Waals surface area contributed by atoms with Gasteiger partial charge >= 0.3 is 11.7 Å². The molecular weight excluding hydrogens is 348 g/mol. The molecule has 0 N–H and O–H groups in total. The van der Waals surface area contributed by atoms with Gasteiger partial charge in [-0.05, 0) is 31.4 Å². The van der Waals surface area contributed by atoms with E-state index in [4.69, 9.17) is 16.3 Å². The van der Waals surface area contributed by atoms with Crippen molar-refractivity contribution in [2.75, 3.05) is 11.5 Å². The van der Waals surface area contributed by atoms with Crippen LogP contribution in [0.25, 0.3) is 0 Å². The minimum atomic E-state index is -0.508. The first kappa shape index (κ1) is 19.4. The van der Waals surface area contributed by atoms with Crippen LogP contribution in [0.15, 0.2) is 6.20 Å². The molecule has 1 aliphatic rings. The number of anilines is 1. The highest BCUT2D eigenvalue weighted by atomic mass is 35.5. The first-order valence-electron chi connectivity index (χ1n) is 8.55. The largest absolute Gasteiger partial charge is 0.464 e. The van der Waals surface area contributed by atoms with Gasteiger partial charge in [0.15, 0.2) is 0 Å². The molecule has 1 unspecified atom stereocenters. The van der Waals surface area contributed by atoms with Crippen LogP contribution in [0.1, 0.15) is 52.4 Å². The predicted molar refractivity (Wildman–Crippen MR) is 93.8 cm³/mol. The number of carbonyl (C=O) groups is 1. The van der Waals surface area contributed by atoms with Crippen molar-refractivity contribution in [3.63, 3.8) is 0 Å². The lowest BCUT2D eigenvalue weighted by molar-refractivity contribution is -0.384. The monoisotopic (exact) mass is 370 g/mol. The Labute approximate surface area is 151 Å². The third kappa shape index (κ3) is 5.01. The molecule has 8 nitrogen and oxygen atoms in total. The zero-order chi connectivity index (χ0) is 18.4. The number of hydrogen-bond acceptors (Lipinski definition) is 7. The molecule has 0 bridgehead atoms. The van der Waals surface area contributed by atoms with E-state index in [1.807, 2.05) is 11.8 Å². The second kappa shape index (κ2) is 8.94. The Hall–Kier alpha value is -1.96. The van der Waals surface area contributed by atoms with Crippen LogP contribution >= 0.6 is 11.6 Å². The van der Waals surface area contributed by atoms with E-state index in [-0.39, 0.29) is 47.9 Å². The van der Waals surface area contributed by atoms with Gasteiger partial charge in [-0.2, -0.15) is 4.98 Å². The molecule has 25 heavy (non-hydrogen) atoms. The number of nitrogens with zero attached hydrogens (tertiary/aromatic N) is 4. The van der Waals surface area contributed by atoms with Gasteiger partial charge in [-0.1, -0.05) is 26.2 Å². The minimum Gasteiger partial charge on any atom is -0.464 e. The first-order valence-corrected chi connectivity index (χ1v) is 8.92. The molecule has 138 valence electrons. The SMILES string of the molecule is CCC(=O)OCC(C)N(c1nc(Cl)ncc1[N+](=O)[O-])C1CCCCC1. The smallest absolute Gasteiger partial charge is 0.329 e. The third-order valence-corrected chi connectivity index (χ3v) is 4.56. The molecule has 2 rings (SSSR count). The van der Waals surface area contributed by atoms with Gasteiger partial charge in [0.1, 0.15) is 12.8 Å². The van der Waals surface area contributed by atoms with Gasteiger partial charge in [0.25, 0.3) is 0 Å². The second-order valence-corrected chi connectivity index (χ2v) is 6.53. The van der Waals surface area contributed by atoms with E-state index in [0.717, 1.165) is 38.3 Å². The first-order chi connectivity index (χ1) is 11.9. The van der Waals surface area contributed by atoms with Gasteiger partial charge in [0.2, 0.25) is 11.1 Å². The lowest BCUT2D eigenvalue weighted by Crippen LogP contribution is -2.46. The molecule has 0 aliphatic heterocycles. The maximum absolute atomic E-state index is 11.5. The van der Waals surface area contributed by atoms with Crippen molar-refractivity contribution >= 4 is 29.1 Å². The number of halogens is 1. The van der Waals surface area contributed by atoms with Crippen molar-refractivity contribution in [1.82, 2.24) is 9.97 Å². The van der Waals surface area contributed by atoms with E-state index in [2.05, 4.69) is 9.97 Å². The van der Waals surface area contributed by atoms with Crippen LogP contribution in [-0.2, 0) is 9.53 Å². The van der Waals surface area contributed by atoms with Crippen LogP contribution in [0.5, 0.6) is 0 Å². The van der Waals surface area contributed by atoms with E-state index in [1.54, 1.807) is 6.92 Å². The molecule has 1 saturated carbocycles. The maximum atomic E-state index is 11.5. The summed E-state index contributed by atoms with van der Waals surface area (Å²) in [6.07, 6.45) is 6.48. The highest BCUT2D eigenvalue weighted by molar-refractivity contribution is 6.28. The maximum Gasteiger partial charge on any atom is 0.329 e. The summed E-state index contributed by atoms with van der Waals surface area (Å²) in [6.45, 7) is 3.74. The van der Waals surface area contributed by atoms with E-state index in [0.29, 0.717) is 0 Å². The zero-order valence-corrected chi connectivity index (χ0v) is 15.2. The van der Waals surface area contributed by atoms with Crippen LogP contribution in [0.2, 0.25) is 5.28 Å². The quantitative estimate of drug-likeness (QED) is 0.313. The van der Waals surface area contributed by atoms with E-state index in [1.165, 1.54) is 0 Å². The molecule has 0 radical (unpaired) electrons. The third-order valence-electron chi connectivity index (χ3n) is 4.38. The fourth-order valence-corrected chi connectivity index (χ4v) is 3.29. The lowest BCUT2D eigenvalue weighted by Gasteiger charge is -2.38. The molecule has 1 fully saturated rings. The second-order valence-electron chi connectivity index (χ2n) is 6.19. The Bertz CT molecular complexity index is 622. The fourth-order valence-electron chi connectivity index (χ4n) is 3.16. The van der Waals surface area contributed by atoms with Gasteiger partial charge < -0.3 is 9.64 Å². The average molecular weight is 371 g/mol. The van der Waals surface area contributed by atoms with Gasteiger partial charge in [-0.3, -0.25) is 14.9 Å². The number of carbonyl (C=O) groups excluding carboxylic acids is 1. The summed E-state index contributed by atoms with van der Waals surface area (Å²) in [6, 6.07) is -0.169. The van der Waals surface area contributed by atoms with E-state index < -0.39 is 4.92 Å². The van der Waals surface area contributed by atoms with Crippen LogP contribution in [0, 0.1) is 10.1 Å². The van der Waals surface area contributed by atoms with Crippen molar-refractivity contribution in [2.24, 2.45) is 0 Å². The molecule has 1 aromatic heterocycles. The summed E-state index contributed by atoms with van der Waals surface area (Å²) < 4.78 is 5.25. The summed E-state index contributed by atoms with van der Waals surface area (Å²) >= 11 is 5.90. The Morgan fingerprint density at radius 3 is 2.76 bits per heavy atom. The molecule has 0 aromatic carbocycles. The lowest BCUT2D eigenvalue weighted by atomic mass is 9.93. The van der Waals surface area contributed by atoms with Crippen molar-refractivity contribution in [3.05, 3.63) is 21.6 Å².